The fourth-order valence-electron chi connectivity index (χ4n) is 2.30. The van der Waals surface area contributed by atoms with Crippen molar-refractivity contribution in [3.63, 3.8) is 0 Å². The average molecular weight is 287 g/mol. The minimum atomic E-state index is -0.362. The van der Waals surface area contributed by atoms with Gasteiger partial charge in [0.05, 0.1) is 22.5 Å². The molecule has 4 nitrogen and oxygen atoms in total. The molecule has 2 aromatic rings. The zero-order valence-electron chi connectivity index (χ0n) is 10.7. The number of fused-ring (bicyclic) bond motifs is 1. The molecule has 3 rings (SSSR count). The number of anilines is 2. The second-order valence-corrected chi connectivity index (χ2v) is 5.13. The summed E-state index contributed by atoms with van der Waals surface area (Å²) in [4.78, 5) is 25.9. The number of nitrogens with zero attached hydrogens (tertiary/aromatic N) is 1. The highest BCUT2D eigenvalue weighted by Gasteiger charge is 2.37. The molecule has 5 heteroatoms. The van der Waals surface area contributed by atoms with Crippen molar-refractivity contribution >= 4 is 34.8 Å². The van der Waals surface area contributed by atoms with Crippen LogP contribution in [-0.2, 0) is 0 Å². The summed E-state index contributed by atoms with van der Waals surface area (Å²) in [7, 11) is 0. The molecule has 1 heterocycles. The molecule has 0 saturated heterocycles. The average Bonchev–Trinajstić information content (AvgIpc) is 2.63. The minimum Gasteiger partial charge on any atom is -0.397 e. The van der Waals surface area contributed by atoms with E-state index in [2.05, 4.69) is 0 Å². The van der Waals surface area contributed by atoms with Gasteiger partial charge in [-0.25, -0.2) is 4.90 Å². The Kier molecular flexibility index (Phi) is 2.76. The maximum absolute atomic E-state index is 12.4. The lowest BCUT2D eigenvalue weighted by atomic mass is 10.1. The number of rotatable bonds is 1. The number of carbonyl (C=O) groups excluding carboxylic acids is 2. The number of carbonyl (C=O) groups is 2. The van der Waals surface area contributed by atoms with E-state index in [0.29, 0.717) is 27.5 Å². The Morgan fingerprint density at radius 1 is 1.00 bits per heavy atom. The summed E-state index contributed by atoms with van der Waals surface area (Å²) in [5, 5.41) is 0.457. The Bertz CT molecular complexity index is 756. The first-order valence-corrected chi connectivity index (χ1v) is 6.41. The van der Waals surface area contributed by atoms with Gasteiger partial charge in [0.2, 0.25) is 0 Å². The normalized spacial score (nSPS) is 13.8. The largest absolute Gasteiger partial charge is 0.397 e. The second-order valence-electron chi connectivity index (χ2n) is 4.70. The van der Waals surface area contributed by atoms with Crippen molar-refractivity contribution in [3.05, 3.63) is 58.1 Å². The predicted octanol–water partition coefficient (Wildman–Crippen LogP) is 3.03. The third-order valence-electron chi connectivity index (χ3n) is 3.27. The van der Waals surface area contributed by atoms with Crippen LogP contribution in [0.25, 0.3) is 0 Å². The smallest absolute Gasteiger partial charge is 0.266 e. The first-order chi connectivity index (χ1) is 9.49. The van der Waals surface area contributed by atoms with Gasteiger partial charge in [0.1, 0.15) is 0 Å². The summed E-state index contributed by atoms with van der Waals surface area (Å²) in [5.41, 5.74) is 8.25. The van der Waals surface area contributed by atoms with Crippen LogP contribution < -0.4 is 10.6 Å². The van der Waals surface area contributed by atoms with Gasteiger partial charge in [-0.2, -0.15) is 0 Å². The number of nitrogen functional groups attached to an aromatic ring is 1. The van der Waals surface area contributed by atoms with Crippen LogP contribution in [0, 0.1) is 6.92 Å². The summed E-state index contributed by atoms with van der Waals surface area (Å²) in [6, 6.07) is 9.87. The Morgan fingerprint density at radius 2 is 1.70 bits per heavy atom. The van der Waals surface area contributed by atoms with Gasteiger partial charge in [-0.1, -0.05) is 23.2 Å². The van der Waals surface area contributed by atoms with Crippen molar-refractivity contribution in [1.29, 1.82) is 0 Å². The third kappa shape index (κ3) is 1.77. The van der Waals surface area contributed by atoms with Crippen LogP contribution in [0.3, 0.4) is 0 Å². The quantitative estimate of drug-likeness (QED) is 0.647. The van der Waals surface area contributed by atoms with Gasteiger partial charge in [-0.3, -0.25) is 9.59 Å². The Morgan fingerprint density at radius 3 is 2.40 bits per heavy atom. The van der Waals surface area contributed by atoms with E-state index in [9.17, 15) is 9.59 Å². The lowest BCUT2D eigenvalue weighted by Gasteiger charge is -2.16. The Hall–Kier alpha value is -2.33. The van der Waals surface area contributed by atoms with Gasteiger partial charge in [0.15, 0.2) is 0 Å². The first-order valence-electron chi connectivity index (χ1n) is 6.03. The molecular weight excluding hydrogens is 276 g/mol. The highest BCUT2D eigenvalue weighted by Crippen LogP contribution is 2.33. The number of amides is 2. The van der Waals surface area contributed by atoms with Gasteiger partial charge >= 0.3 is 0 Å². The van der Waals surface area contributed by atoms with Gasteiger partial charge < -0.3 is 5.73 Å². The van der Waals surface area contributed by atoms with Crippen LogP contribution in [0.2, 0.25) is 5.02 Å². The molecule has 2 amide bonds. The number of hydrogen-bond acceptors (Lipinski definition) is 3. The Labute approximate surface area is 120 Å². The van der Waals surface area contributed by atoms with Crippen LogP contribution in [0.15, 0.2) is 36.4 Å². The molecule has 0 fully saturated rings. The fraction of sp³-hybridized carbons (Fsp3) is 0.0667. The predicted molar refractivity (Wildman–Crippen MR) is 78.2 cm³/mol. The van der Waals surface area contributed by atoms with Crippen LogP contribution in [-0.4, -0.2) is 11.8 Å². The topological polar surface area (TPSA) is 63.4 Å². The van der Waals surface area contributed by atoms with Crippen molar-refractivity contribution in [1.82, 2.24) is 0 Å². The van der Waals surface area contributed by atoms with E-state index >= 15 is 0 Å². The molecule has 0 aromatic heterocycles. The zero-order chi connectivity index (χ0) is 14.4. The second kappa shape index (κ2) is 4.35. The number of imide groups is 1. The van der Waals surface area contributed by atoms with Gasteiger partial charge in [0, 0.05) is 5.02 Å². The standard InChI is InChI=1S/C15H11ClN2O2/c1-8-2-4-10-11(6-8)15(20)18(14(10)19)13-5-3-9(16)7-12(13)17/h2-7H,17H2,1H3. The van der Waals surface area contributed by atoms with E-state index in [1.165, 1.54) is 6.07 Å². The monoisotopic (exact) mass is 286 g/mol. The van der Waals surface area contributed by atoms with Crippen molar-refractivity contribution in [2.75, 3.05) is 10.6 Å². The highest BCUT2D eigenvalue weighted by molar-refractivity contribution is 6.35. The number of hydrogen-bond donors (Lipinski definition) is 1. The minimum absolute atomic E-state index is 0.295. The van der Waals surface area contributed by atoms with Crippen LogP contribution in [0.1, 0.15) is 26.3 Å². The van der Waals surface area contributed by atoms with E-state index in [1.807, 2.05) is 6.92 Å². The van der Waals surface area contributed by atoms with Crippen molar-refractivity contribution < 1.29 is 9.59 Å². The molecule has 100 valence electrons. The van der Waals surface area contributed by atoms with Crippen molar-refractivity contribution in [3.8, 4) is 0 Å². The van der Waals surface area contributed by atoms with Crippen LogP contribution >= 0.6 is 11.6 Å². The lowest BCUT2D eigenvalue weighted by molar-refractivity contribution is 0.0926. The van der Waals surface area contributed by atoms with Crippen LogP contribution in [0.5, 0.6) is 0 Å². The van der Waals surface area contributed by atoms with Crippen LogP contribution in [0.4, 0.5) is 11.4 Å². The van der Waals surface area contributed by atoms with Gasteiger partial charge in [0.25, 0.3) is 11.8 Å². The van der Waals surface area contributed by atoms with E-state index < -0.39 is 0 Å². The first kappa shape index (κ1) is 12.7. The molecule has 0 radical (unpaired) electrons. The number of halogens is 1. The molecule has 0 atom stereocenters. The molecule has 20 heavy (non-hydrogen) atoms. The fourth-order valence-corrected chi connectivity index (χ4v) is 2.48. The summed E-state index contributed by atoms with van der Waals surface area (Å²) in [6.45, 7) is 1.87. The molecule has 0 aliphatic carbocycles. The van der Waals surface area contributed by atoms with Gasteiger partial charge in [-0.05, 0) is 37.3 Å². The van der Waals surface area contributed by atoms with E-state index in [0.717, 1.165) is 10.5 Å². The van der Waals surface area contributed by atoms with E-state index in [4.69, 9.17) is 17.3 Å². The molecule has 1 aliphatic heterocycles. The summed E-state index contributed by atoms with van der Waals surface area (Å²) in [6.07, 6.45) is 0. The number of aryl methyl sites for hydroxylation is 1. The molecule has 0 bridgehead atoms. The van der Waals surface area contributed by atoms with Crippen molar-refractivity contribution in [2.24, 2.45) is 0 Å². The number of benzene rings is 2. The van der Waals surface area contributed by atoms with Crippen molar-refractivity contribution in [2.45, 2.75) is 6.92 Å². The molecule has 0 unspecified atom stereocenters. The zero-order valence-corrected chi connectivity index (χ0v) is 11.4. The Balaban J connectivity index is 2.14. The molecule has 2 N–H and O–H groups in total. The SMILES string of the molecule is Cc1ccc2c(c1)C(=O)N(c1ccc(Cl)cc1N)C2=O. The van der Waals surface area contributed by atoms with E-state index in [1.54, 1.807) is 30.3 Å². The lowest BCUT2D eigenvalue weighted by Crippen LogP contribution is -2.30. The highest BCUT2D eigenvalue weighted by atomic mass is 35.5. The molecule has 0 saturated carbocycles. The molecule has 2 aromatic carbocycles. The molecular formula is C15H11ClN2O2. The summed E-state index contributed by atoms with van der Waals surface area (Å²) in [5.74, 6) is -0.721. The van der Waals surface area contributed by atoms with E-state index in [-0.39, 0.29) is 11.8 Å². The third-order valence-corrected chi connectivity index (χ3v) is 3.51. The maximum Gasteiger partial charge on any atom is 0.266 e. The number of nitrogens with two attached hydrogens (primary N) is 1. The summed E-state index contributed by atoms with van der Waals surface area (Å²) < 4.78 is 0. The maximum atomic E-state index is 12.4. The summed E-state index contributed by atoms with van der Waals surface area (Å²) >= 11 is 5.84. The van der Waals surface area contributed by atoms with Gasteiger partial charge in [-0.15, -0.1) is 0 Å². The molecule has 0 spiro atoms. The molecule has 1 aliphatic rings.